The van der Waals surface area contributed by atoms with Gasteiger partial charge in [-0.3, -0.25) is 9.59 Å². The van der Waals surface area contributed by atoms with E-state index in [1.54, 1.807) is 6.08 Å². The number of fused-ring (bicyclic) bond motifs is 2. The van der Waals surface area contributed by atoms with E-state index in [1.807, 2.05) is 53.1 Å². The summed E-state index contributed by atoms with van der Waals surface area (Å²) < 4.78 is 0. The predicted molar refractivity (Wildman–Crippen MR) is 86.0 cm³/mol. The van der Waals surface area contributed by atoms with Gasteiger partial charge in [0.1, 0.15) is 0 Å². The molecule has 3 rings (SSSR count). The summed E-state index contributed by atoms with van der Waals surface area (Å²) in [4.78, 5) is 28.3. The van der Waals surface area contributed by atoms with Gasteiger partial charge in [-0.1, -0.05) is 37.3 Å². The number of carbonyl (C=O) groups excluding carboxylic acids is 2. The third kappa shape index (κ3) is 2.91. The van der Waals surface area contributed by atoms with E-state index in [2.05, 4.69) is 0 Å². The fourth-order valence-electron chi connectivity index (χ4n) is 3.51. The first-order valence-corrected chi connectivity index (χ1v) is 8.02. The van der Waals surface area contributed by atoms with Crippen LogP contribution < -0.4 is 0 Å². The maximum absolute atomic E-state index is 12.4. The first-order chi connectivity index (χ1) is 10.7. The van der Waals surface area contributed by atoms with Gasteiger partial charge in [-0.25, -0.2) is 0 Å². The van der Waals surface area contributed by atoms with Crippen LogP contribution in [0.5, 0.6) is 0 Å². The number of amides is 2. The Hall–Kier alpha value is -2.10. The van der Waals surface area contributed by atoms with E-state index in [9.17, 15) is 9.59 Å². The number of piperazine rings is 1. The molecule has 0 aliphatic carbocycles. The van der Waals surface area contributed by atoms with Crippen molar-refractivity contribution in [2.45, 2.75) is 38.3 Å². The van der Waals surface area contributed by atoms with Crippen LogP contribution in [0.1, 0.15) is 31.7 Å². The minimum Gasteiger partial charge on any atom is -0.335 e. The molecule has 2 atom stereocenters. The van der Waals surface area contributed by atoms with Crippen LogP contribution in [0.15, 0.2) is 36.4 Å². The van der Waals surface area contributed by atoms with Crippen LogP contribution in [0.2, 0.25) is 0 Å². The lowest BCUT2D eigenvalue weighted by Crippen LogP contribution is -2.56. The summed E-state index contributed by atoms with van der Waals surface area (Å²) in [6, 6.07) is 10.2. The highest BCUT2D eigenvalue weighted by molar-refractivity contribution is 5.92. The van der Waals surface area contributed by atoms with Crippen LogP contribution in [0.25, 0.3) is 6.08 Å². The van der Waals surface area contributed by atoms with Crippen molar-refractivity contribution in [3.05, 3.63) is 42.0 Å². The number of rotatable bonds is 3. The van der Waals surface area contributed by atoms with Crippen molar-refractivity contribution in [1.82, 2.24) is 9.80 Å². The summed E-state index contributed by atoms with van der Waals surface area (Å²) in [5, 5.41) is 0. The Balaban J connectivity index is 1.64. The highest BCUT2D eigenvalue weighted by Crippen LogP contribution is 2.30. The first kappa shape index (κ1) is 14.8. The summed E-state index contributed by atoms with van der Waals surface area (Å²) in [6.45, 7) is 3.24. The van der Waals surface area contributed by atoms with Crippen molar-refractivity contribution in [2.24, 2.45) is 0 Å². The van der Waals surface area contributed by atoms with Crippen LogP contribution in [0.3, 0.4) is 0 Å². The van der Waals surface area contributed by atoms with Gasteiger partial charge >= 0.3 is 0 Å². The first-order valence-electron chi connectivity index (χ1n) is 8.02. The number of hydrogen-bond donors (Lipinski definition) is 0. The van der Waals surface area contributed by atoms with Crippen LogP contribution in [-0.4, -0.2) is 46.8 Å². The van der Waals surface area contributed by atoms with Gasteiger partial charge in [0.25, 0.3) is 0 Å². The van der Waals surface area contributed by atoms with Gasteiger partial charge in [0.15, 0.2) is 0 Å². The molecule has 116 valence electrons. The summed E-state index contributed by atoms with van der Waals surface area (Å²) in [5.41, 5.74) is 1.03. The highest BCUT2D eigenvalue weighted by Gasteiger charge is 2.42. The Morgan fingerprint density at radius 2 is 1.77 bits per heavy atom. The van der Waals surface area contributed by atoms with Crippen LogP contribution in [0, 0.1) is 0 Å². The van der Waals surface area contributed by atoms with Crippen molar-refractivity contribution >= 4 is 17.9 Å². The third-order valence-electron chi connectivity index (χ3n) is 4.60. The maximum atomic E-state index is 12.4. The summed E-state index contributed by atoms with van der Waals surface area (Å²) in [6.07, 6.45) is 6.08. The maximum Gasteiger partial charge on any atom is 0.246 e. The molecular weight excluding hydrogens is 276 g/mol. The molecule has 4 heteroatoms. The molecule has 2 heterocycles. The van der Waals surface area contributed by atoms with Gasteiger partial charge in [-0.15, -0.1) is 0 Å². The van der Waals surface area contributed by atoms with E-state index in [-0.39, 0.29) is 23.9 Å². The molecule has 0 saturated carbocycles. The predicted octanol–water partition coefficient (Wildman–Crippen LogP) is 2.31. The van der Waals surface area contributed by atoms with Crippen LogP contribution in [-0.2, 0) is 9.59 Å². The summed E-state index contributed by atoms with van der Waals surface area (Å²) in [5.74, 6) is 0.267. The second kappa shape index (κ2) is 6.34. The zero-order valence-corrected chi connectivity index (χ0v) is 12.9. The van der Waals surface area contributed by atoms with Gasteiger partial charge in [-0.2, -0.15) is 0 Å². The molecule has 1 aromatic rings. The molecule has 2 bridgehead atoms. The molecule has 2 aliphatic rings. The molecule has 0 radical (unpaired) electrons. The van der Waals surface area contributed by atoms with Crippen molar-refractivity contribution in [3.63, 3.8) is 0 Å². The molecule has 0 aromatic heterocycles. The smallest absolute Gasteiger partial charge is 0.246 e. The van der Waals surface area contributed by atoms with E-state index >= 15 is 0 Å². The van der Waals surface area contributed by atoms with Crippen LogP contribution >= 0.6 is 0 Å². The van der Waals surface area contributed by atoms with Gasteiger partial charge in [0, 0.05) is 37.7 Å². The van der Waals surface area contributed by atoms with E-state index in [0.29, 0.717) is 19.5 Å². The monoisotopic (exact) mass is 298 g/mol. The zero-order valence-electron chi connectivity index (χ0n) is 12.9. The second-order valence-corrected chi connectivity index (χ2v) is 6.03. The molecule has 2 saturated heterocycles. The van der Waals surface area contributed by atoms with Crippen molar-refractivity contribution in [1.29, 1.82) is 0 Å². The molecule has 22 heavy (non-hydrogen) atoms. The normalized spacial score (nSPS) is 24.0. The summed E-state index contributed by atoms with van der Waals surface area (Å²) >= 11 is 0. The molecule has 4 nitrogen and oxygen atoms in total. The average Bonchev–Trinajstić information content (AvgIpc) is 2.82. The standard InChI is InChI=1S/C18H22N2O2/c1-2-17(21)20-15-9-10-16(20)13-19(12-15)18(22)11-8-14-6-4-3-5-7-14/h3-8,11,15-16H,2,9-10,12-13H2,1H3. The Labute approximate surface area is 131 Å². The molecule has 0 spiro atoms. The van der Waals surface area contributed by atoms with Crippen LogP contribution in [0.4, 0.5) is 0 Å². The van der Waals surface area contributed by atoms with E-state index in [0.717, 1.165) is 18.4 Å². The Morgan fingerprint density at radius 3 is 2.36 bits per heavy atom. The molecule has 2 aliphatic heterocycles. The van der Waals surface area contributed by atoms with E-state index in [1.165, 1.54) is 0 Å². The Morgan fingerprint density at radius 1 is 1.14 bits per heavy atom. The Kier molecular flexibility index (Phi) is 4.27. The minimum absolute atomic E-state index is 0.0457. The largest absolute Gasteiger partial charge is 0.335 e. The molecule has 2 amide bonds. The van der Waals surface area contributed by atoms with Gasteiger partial charge in [-0.05, 0) is 24.5 Å². The lowest BCUT2D eigenvalue weighted by Gasteiger charge is -2.40. The fourth-order valence-corrected chi connectivity index (χ4v) is 3.51. The van der Waals surface area contributed by atoms with Gasteiger partial charge in [0.05, 0.1) is 0 Å². The average molecular weight is 298 g/mol. The minimum atomic E-state index is 0.0457. The highest BCUT2D eigenvalue weighted by atomic mass is 16.2. The molecular formula is C18H22N2O2. The molecule has 2 unspecified atom stereocenters. The van der Waals surface area contributed by atoms with Gasteiger partial charge in [0.2, 0.25) is 11.8 Å². The fraction of sp³-hybridized carbons (Fsp3) is 0.444. The van der Waals surface area contributed by atoms with Crippen molar-refractivity contribution in [2.75, 3.05) is 13.1 Å². The second-order valence-electron chi connectivity index (χ2n) is 6.03. The SMILES string of the molecule is CCC(=O)N1C2CCC1CN(C(=O)C=Cc1ccccc1)C2. The Bertz CT molecular complexity index is 568. The van der Waals surface area contributed by atoms with E-state index < -0.39 is 0 Å². The molecule has 2 fully saturated rings. The van der Waals surface area contributed by atoms with Gasteiger partial charge < -0.3 is 9.80 Å². The third-order valence-corrected chi connectivity index (χ3v) is 4.60. The molecule has 0 N–H and O–H groups in total. The number of likely N-dealkylation sites (tertiary alicyclic amines) is 1. The summed E-state index contributed by atoms with van der Waals surface area (Å²) in [7, 11) is 0. The quantitative estimate of drug-likeness (QED) is 0.804. The lowest BCUT2D eigenvalue weighted by molar-refractivity contribution is -0.141. The number of benzene rings is 1. The van der Waals surface area contributed by atoms with E-state index in [4.69, 9.17) is 0 Å². The lowest BCUT2D eigenvalue weighted by atomic mass is 10.1. The number of carbonyl (C=O) groups is 2. The number of nitrogens with zero attached hydrogens (tertiary/aromatic N) is 2. The molecule has 1 aromatic carbocycles. The van der Waals surface area contributed by atoms with Crippen molar-refractivity contribution in [3.8, 4) is 0 Å². The topological polar surface area (TPSA) is 40.6 Å². The van der Waals surface area contributed by atoms with Crippen molar-refractivity contribution < 1.29 is 9.59 Å². The zero-order chi connectivity index (χ0) is 15.5. The number of hydrogen-bond acceptors (Lipinski definition) is 2.